The second-order valence-electron chi connectivity index (χ2n) is 24.1. The van der Waals surface area contributed by atoms with Crippen molar-refractivity contribution in [3.63, 3.8) is 0 Å². The van der Waals surface area contributed by atoms with Crippen LogP contribution in [0.2, 0.25) is 0 Å². The largest absolute Gasteiger partial charge is 0.462 e. The highest BCUT2D eigenvalue weighted by Crippen LogP contribution is 2.18. The van der Waals surface area contributed by atoms with Crippen LogP contribution in [0.4, 0.5) is 0 Å². The minimum absolute atomic E-state index is 0.0930. The van der Waals surface area contributed by atoms with Gasteiger partial charge in [0.15, 0.2) is 6.10 Å². The van der Waals surface area contributed by atoms with Gasteiger partial charge >= 0.3 is 17.9 Å². The average molecular weight is 1160 g/mol. The van der Waals surface area contributed by atoms with Gasteiger partial charge in [0.2, 0.25) is 0 Å². The van der Waals surface area contributed by atoms with Gasteiger partial charge in [-0.15, -0.1) is 0 Å². The maximum Gasteiger partial charge on any atom is 0.306 e. The lowest BCUT2D eigenvalue weighted by Gasteiger charge is -2.18. The van der Waals surface area contributed by atoms with E-state index < -0.39 is 6.10 Å². The Morgan fingerprint density at radius 1 is 0.253 bits per heavy atom. The number of carbonyl (C=O) groups is 3. The zero-order valence-corrected chi connectivity index (χ0v) is 55.2. The first-order valence-corrected chi connectivity index (χ1v) is 36.1. The van der Waals surface area contributed by atoms with Crippen molar-refractivity contribution in [1.82, 2.24) is 0 Å². The Kier molecular flexibility index (Phi) is 68.2. The van der Waals surface area contributed by atoms with Gasteiger partial charge in [0.25, 0.3) is 0 Å². The molecule has 0 radical (unpaired) electrons. The molecule has 0 fully saturated rings. The molecular weight excluding hydrogens is 1020 g/mol. The van der Waals surface area contributed by atoms with Crippen molar-refractivity contribution >= 4 is 17.9 Å². The van der Waals surface area contributed by atoms with Crippen LogP contribution in [0.3, 0.4) is 0 Å². The van der Waals surface area contributed by atoms with Gasteiger partial charge in [0.1, 0.15) is 13.2 Å². The Morgan fingerprint density at radius 3 is 0.807 bits per heavy atom. The van der Waals surface area contributed by atoms with E-state index in [1.807, 2.05) is 0 Å². The highest BCUT2D eigenvalue weighted by Gasteiger charge is 2.19. The molecule has 0 aromatic carbocycles. The average Bonchev–Trinajstić information content (AvgIpc) is 3.50. The molecule has 83 heavy (non-hydrogen) atoms. The molecule has 0 amide bonds. The summed E-state index contributed by atoms with van der Waals surface area (Å²) in [5.41, 5.74) is 0. The van der Waals surface area contributed by atoms with Gasteiger partial charge in [-0.1, -0.05) is 343 Å². The monoisotopic (exact) mass is 1160 g/mol. The number of rotatable bonds is 66. The number of allylic oxidation sites excluding steroid dienone is 14. The summed E-state index contributed by atoms with van der Waals surface area (Å²) in [6, 6.07) is 0. The van der Waals surface area contributed by atoms with E-state index in [4.69, 9.17) is 14.2 Å². The lowest BCUT2D eigenvalue weighted by molar-refractivity contribution is -0.167. The lowest BCUT2D eigenvalue weighted by Crippen LogP contribution is -2.30. The van der Waals surface area contributed by atoms with Crippen LogP contribution in [-0.2, 0) is 28.6 Å². The molecule has 0 aromatic heterocycles. The smallest absolute Gasteiger partial charge is 0.306 e. The van der Waals surface area contributed by atoms with Crippen molar-refractivity contribution in [2.45, 2.75) is 374 Å². The molecule has 480 valence electrons. The van der Waals surface area contributed by atoms with E-state index in [1.54, 1.807) is 0 Å². The maximum absolute atomic E-state index is 13.0. The van der Waals surface area contributed by atoms with Gasteiger partial charge < -0.3 is 14.2 Å². The topological polar surface area (TPSA) is 78.9 Å². The third-order valence-electron chi connectivity index (χ3n) is 15.9. The second-order valence-corrected chi connectivity index (χ2v) is 24.1. The van der Waals surface area contributed by atoms with Crippen LogP contribution in [0.5, 0.6) is 0 Å². The summed E-state index contributed by atoms with van der Waals surface area (Å²) in [5.74, 6) is -0.940. The number of esters is 3. The SMILES string of the molecule is CC/C=C\C/C=C\C/C=C\C/C=C\C/C=C\CCCC(=O)OCC(COC(=O)CCCCCCCCCCCCCCCCCCCCCCCCCCCCCCC)OC(=O)CCCCCCCCCCC/C=C\C/C=C\CCCCC. The van der Waals surface area contributed by atoms with E-state index >= 15 is 0 Å². The number of ether oxygens (including phenoxy) is 3. The van der Waals surface area contributed by atoms with E-state index in [1.165, 1.54) is 238 Å². The summed E-state index contributed by atoms with van der Waals surface area (Å²) in [6.45, 7) is 6.51. The molecule has 1 unspecified atom stereocenters. The molecule has 0 N–H and O–H groups in total. The van der Waals surface area contributed by atoms with Crippen LogP contribution in [0, 0.1) is 0 Å². The van der Waals surface area contributed by atoms with Crippen molar-refractivity contribution < 1.29 is 28.6 Å². The van der Waals surface area contributed by atoms with Gasteiger partial charge in [-0.05, 0) is 89.9 Å². The van der Waals surface area contributed by atoms with E-state index in [0.717, 1.165) is 83.5 Å². The number of hydrogen-bond acceptors (Lipinski definition) is 6. The molecule has 0 aliphatic carbocycles. The van der Waals surface area contributed by atoms with Crippen LogP contribution in [0.1, 0.15) is 367 Å². The van der Waals surface area contributed by atoms with E-state index in [-0.39, 0.29) is 37.5 Å². The van der Waals surface area contributed by atoms with Crippen molar-refractivity contribution in [2.24, 2.45) is 0 Å². The summed E-state index contributed by atoms with van der Waals surface area (Å²) in [7, 11) is 0. The summed E-state index contributed by atoms with van der Waals surface area (Å²) in [5, 5.41) is 0. The van der Waals surface area contributed by atoms with Gasteiger partial charge in [0.05, 0.1) is 0 Å². The first-order chi connectivity index (χ1) is 41.0. The predicted molar refractivity (Wildman–Crippen MR) is 362 cm³/mol. The molecule has 0 aliphatic rings. The minimum atomic E-state index is -0.803. The molecule has 6 nitrogen and oxygen atoms in total. The Balaban J connectivity index is 4.30. The third kappa shape index (κ3) is 69.3. The van der Waals surface area contributed by atoms with Crippen LogP contribution >= 0.6 is 0 Å². The zero-order chi connectivity index (χ0) is 59.9. The van der Waals surface area contributed by atoms with Gasteiger partial charge in [-0.25, -0.2) is 0 Å². The number of carbonyl (C=O) groups excluding carboxylic acids is 3. The molecule has 6 heteroatoms. The highest BCUT2D eigenvalue weighted by molar-refractivity contribution is 5.71. The summed E-state index contributed by atoms with van der Waals surface area (Å²) >= 11 is 0. The second kappa shape index (κ2) is 71.1. The molecule has 0 rings (SSSR count). The van der Waals surface area contributed by atoms with Crippen LogP contribution in [0.25, 0.3) is 0 Å². The molecule has 0 aliphatic heterocycles. The van der Waals surface area contributed by atoms with Crippen molar-refractivity contribution in [2.75, 3.05) is 13.2 Å². The van der Waals surface area contributed by atoms with Gasteiger partial charge in [0, 0.05) is 19.3 Å². The first-order valence-electron chi connectivity index (χ1n) is 36.1. The molecule has 0 spiro atoms. The number of unbranched alkanes of at least 4 members (excludes halogenated alkanes) is 41. The van der Waals surface area contributed by atoms with Crippen LogP contribution in [-0.4, -0.2) is 37.2 Å². The third-order valence-corrected chi connectivity index (χ3v) is 15.9. The lowest BCUT2D eigenvalue weighted by atomic mass is 10.0. The maximum atomic E-state index is 13.0. The molecule has 0 bridgehead atoms. The fraction of sp³-hybridized carbons (Fsp3) is 0.779. The minimum Gasteiger partial charge on any atom is -0.462 e. The Labute approximate surface area is 515 Å². The van der Waals surface area contributed by atoms with Crippen molar-refractivity contribution in [3.05, 3.63) is 85.1 Å². The Hall–Kier alpha value is -3.41. The fourth-order valence-corrected chi connectivity index (χ4v) is 10.5. The Morgan fingerprint density at radius 2 is 0.482 bits per heavy atom. The standard InChI is InChI=1S/C77H136O6/c1-4-7-10-13-16-19-22-25-28-31-33-34-35-36-37-38-39-40-41-42-44-46-49-52-55-58-61-64-67-70-76(79)82-73-74(72-81-75(78)69-66-63-60-57-54-51-48-45-30-27-24-21-18-15-12-9-6-3)83-77(80)71-68-65-62-59-56-53-50-47-43-32-29-26-23-20-17-14-11-8-5-2/h9,12,17-18,20-21,26-27,29-30,48,51,57,60,74H,4-8,10-11,13-16,19,22-25,28,31-47,49-50,52-56,58-59,61-73H2,1-3H3/b12-9-,20-17-,21-18-,29-26-,30-27-,51-48-,60-57-. The predicted octanol–water partition coefficient (Wildman–Crippen LogP) is 25.0. The fourth-order valence-electron chi connectivity index (χ4n) is 10.5. The summed E-state index contributed by atoms with van der Waals surface area (Å²) < 4.78 is 16.9. The van der Waals surface area contributed by atoms with E-state index in [0.29, 0.717) is 19.3 Å². The summed E-state index contributed by atoms with van der Waals surface area (Å²) in [4.78, 5) is 38.4. The molecule has 0 heterocycles. The van der Waals surface area contributed by atoms with Crippen molar-refractivity contribution in [1.29, 1.82) is 0 Å². The van der Waals surface area contributed by atoms with Crippen LogP contribution < -0.4 is 0 Å². The van der Waals surface area contributed by atoms with Crippen LogP contribution in [0.15, 0.2) is 85.1 Å². The van der Waals surface area contributed by atoms with E-state index in [2.05, 4.69) is 106 Å². The quantitative estimate of drug-likeness (QED) is 0.0261. The summed E-state index contributed by atoms with van der Waals surface area (Å²) in [6.07, 6.45) is 94.9. The zero-order valence-electron chi connectivity index (χ0n) is 55.2. The Bertz CT molecular complexity index is 1570. The molecule has 0 aromatic rings. The molecule has 0 saturated carbocycles. The molecular formula is C77H136O6. The van der Waals surface area contributed by atoms with Gasteiger partial charge in [-0.2, -0.15) is 0 Å². The van der Waals surface area contributed by atoms with Gasteiger partial charge in [-0.3, -0.25) is 14.4 Å². The van der Waals surface area contributed by atoms with Crippen molar-refractivity contribution in [3.8, 4) is 0 Å². The number of hydrogen-bond donors (Lipinski definition) is 0. The highest BCUT2D eigenvalue weighted by atomic mass is 16.6. The molecule has 1 atom stereocenters. The normalized spacial score (nSPS) is 12.6. The van der Waals surface area contributed by atoms with E-state index in [9.17, 15) is 14.4 Å². The molecule has 0 saturated heterocycles. The first kappa shape index (κ1) is 79.6.